The number of hydrogen-bond acceptors (Lipinski definition) is 4. The lowest BCUT2D eigenvalue weighted by atomic mass is 9.67. The lowest BCUT2D eigenvalue weighted by Crippen LogP contribution is -2.45. The molecule has 3 rings (SSSR count). The summed E-state index contributed by atoms with van der Waals surface area (Å²) >= 11 is 0. The van der Waals surface area contributed by atoms with E-state index >= 15 is 0 Å². The highest BCUT2D eigenvalue weighted by atomic mass is 19.4. The van der Waals surface area contributed by atoms with E-state index in [0.717, 1.165) is 19.4 Å². The Morgan fingerprint density at radius 1 is 1.35 bits per heavy atom. The van der Waals surface area contributed by atoms with Crippen molar-refractivity contribution in [2.75, 3.05) is 13.1 Å². The van der Waals surface area contributed by atoms with E-state index in [4.69, 9.17) is 4.74 Å². The third-order valence-electron chi connectivity index (χ3n) is 4.87. The van der Waals surface area contributed by atoms with E-state index in [1.165, 1.54) is 0 Å². The minimum Gasteiger partial charge on any atom is -0.415 e. The maximum absolute atomic E-state index is 12.3. The fourth-order valence-corrected chi connectivity index (χ4v) is 3.41. The van der Waals surface area contributed by atoms with Crippen LogP contribution in [0, 0.1) is 11.8 Å². The molecule has 1 saturated carbocycles. The third kappa shape index (κ3) is 4.17. The topological polar surface area (TPSA) is 59.6 Å². The summed E-state index contributed by atoms with van der Waals surface area (Å²) in [7, 11) is 0. The van der Waals surface area contributed by atoms with Gasteiger partial charge in [0.2, 0.25) is 0 Å². The lowest BCUT2D eigenvalue weighted by Gasteiger charge is -2.44. The molecule has 0 spiro atoms. The van der Waals surface area contributed by atoms with Gasteiger partial charge in [0.1, 0.15) is 5.76 Å². The van der Waals surface area contributed by atoms with Gasteiger partial charge >= 0.3 is 12.5 Å². The first-order valence-electron chi connectivity index (χ1n) is 8.06. The Morgan fingerprint density at radius 3 is 2.70 bits per heavy atom. The predicted molar refractivity (Wildman–Crippen MR) is 75.4 cm³/mol. The predicted octanol–water partition coefficient (Wildman–Crippen LogP) is 2.68. The molecule has 2 N–H and O–H groups in total. The molecule has 1 aliphatic heterocycles. The van der Waals surface area contributed by atoms with E-state index in [1.54, 1.807) is 6.08 Å². The molecule has 1 saturated heterocycles. The normalized spacial score (nSPS) is 33.4. The van der Waals surface area contributed by atoms with Gasteiger partial charge in [-0.2, -0.15) is 0 Å². The highest BCUT2D eigenvalue weighted by Gasteiger charge is 2.47. The van der Waals surface area contributed by atoms with Crippen molar-refractivity contribution in [1.82, 2.24) is 10.6 Å². The molecule has 0 unspecified atom stereocenters. The summed E-state index contributed by atoms with van der Waals surface area (Å²) in [5.74, 6) is 0.106. The molecule has 4 atom stereocenters. The molecule has 1 amide bonds. The summed E-state index contributed by atoms with van der Waals surface area (Å²) in [4.78, 5) is 11.8. The summed E-state index contributed by atoms with van der Waals surface area (Å²) in [6, 6.07) is 0.268. The van der Waals surface area contributed by atoms with Crippen molar-refractivity contribution in [2.45, 2.75) is 50.6 Å². The molecule has 1 heterocycles. The Bertz CT molecular complexity index is 475. The highest BCUT2D eigenvalue weighted by Crippen LogP contribution is 2.47. The summed E-state index contributed by atoms with van der Waals surface area (Å²) in [5, 5.41) is 5.95. The van der Waals surface area contributed by atoms with Crippen molar-refractivity contribution < 1.29 is 27.4 Å². The summed E-state index contributed by atoms with van der Waals surface area (Å²) < 4.78 is 46.3. The molecule has 0 aromatic heterocycles. The van der Waals surface area contributed by atoms with Gasteiger partial charge in [0, 0.05) is 18.5 Å². The number of amides is 1. The number of carbonyl (C=O) groups is 1. The second-order valence-corrected chi connectivity index (χ2v) is 6.36. The standard InChI is InChI=1S/C15H21F3N2O3/c16-15(17,18)23-13-6-4-11(13)10-3-5-12(10)22-14(21)20-8-9-2-1-7-19-9/h5,9-11,13,19H,1-4,6-8H2,(H,20,21)/t9-,10-,11+,13+/m1/s1. The molecule has 0 aromatic rings. The van der Waals surface area contributed by atoms with Crippen LogP contribution in [0.1, 0.15) is 32.1 Å². The molecule has 0 aromatic carbocycles. The Morgan fingerprint density at radius 2 is 2.17 bits per heavy atom. The van der Waals surface area contributed by atoms with Crippen LogP contribution in [0.4, 0.5) is 18.0 Å². The second-order valence-electron chi connectivity index (χ2n) is 6.36. The summed E-state index contributed by atoms with van der Waals surface area (Å²) in [5.41, 5.74) is 0. The Kier molecular flexibility index (Phi) is 4.82. The number of halogens is 3. The number of alkyl halides is 3. The van der Waals surface area contributed by atoms with Crippen LogP contribution in [-0.4, -0.2) is 37.7 Å². The first-order chi connectivity index (χ1) is 10.9. The van der Waals surface area contributed by atoms with E-state index in [1.807, 2.05) is 0 Å². The van der Waals surface area contributed by atoms with Gasteiger partial charge in [0.15, 0.2) is 0 Å². The first kappa shape index (κ1) is 16.6. The van der Waals surface area contributed by atoms with Crippen LogP contribution in [0.3, 0.4) is 0 Å². The molecule has 8 heteroatoms. The molecule has 0 bridgehead atoms. The van der Waals surface area contributed by atoms with Crippen molar-refractivity contribution >= 4 is 6.09 Å². The van der Waals surface area contributed by atoms with Crippen molar-refractivity contribution in [1.29, 1.82) is 0 Å². The van der Waals surface area contributed by atoms with Gasteiger partial charge in [-0.1, -0.05) is 0 Å². The van der Waals surface area contributed by atoms with Crippen molar-refractivity contribution in [3.8, 4) is 0 Å². The van der Waals surface area contributed by atoms with Crippen LogP contribution in [0.5, 0.6) is 0 Å². The highest BCUT2D eigenvalue weighted by molar-refractivity contribution is 5.68. The molecule has 3 aliphatic rings. The molecule has 0 radical (unpaired) electrons. The zero-order chi connectivity index (χ0) is 16.4. The summed E-state index contributed by atoms with van der Waals surface area (Å²) in [6.45, 7) is 1.46. The number of hydrogen-bond donors (Lipinski definition) is 2. The number of nitrogens with one attached hydrogen (secondary N) is 2. The smallest absolute Gasteiger partial charge is 0.415 e. The van der Waals surface area contributed by atoms with Gasteiger partial charge in [0.05, 0.1) is 6.10 Å². The molecule has 130 valence electrons. The van der Waals surface area contributed by atoms with Gasteiger partial charge in [-0.05, 0) is 50.6 Å². The number of ether oxygens (including phenoxy) is 2. The molecule has 23 heavy (non-hydrogen) atoms. The van der Waals surface area contributed by atoms with Crippen LogP contribution in [0.25, 0.3) is 0 Å². The number of rotatable bonds is 5. The fourth-order valence-electron chi connectivity index (χ4n) is 3.41. The van der Waals surface area contributed by atoms with Crippen LogP contribution in [0.15, 0.2) is 11.8 Å². The van der Waals surface area contributed by atoms with E-state index < -0.39 is 18.6 Å². The van der Waals surface area contributed by atoms with Gasteiger partial charge in [-0.15, -0.1) is 13.2 Å². The van der Waals surface area contributed by atoms with Gasteiger partial charge in [-0.25, -0.2) is 4.79 Å². The van der Waals surface area contributed by atoms with E-state index in [0.29, 0.717) is 31.6 Å². The van der Waals surface area contributed by atoms with Crippen LogP contribution in [-0.2, 0) is 9.47 Å². The van der Waals surface area contributed by atoms with Crippen LogP contribution < -0.4 is 10.6 Å². The monoisotopic (exact) mass is 334 g/mol. The van der Waals surface area contributed by atoms with E-state index in [-0.39, 0.29) is 17.9 Å². The SMILES string of the molecule is O=C(NC[C@H]1CCCN1)OC1=CC[C@@H]1[C@@H]1CC[C@@H]1OC(F)(F)F. The summed E-state index contributed by atoms with van der Waals surface area (Å²) in [6.07, 6.45) is -0.408. The van der Waals surface area contributed by atoms with Crippen molar-refractivity contribution in [2.24, 2.45) is 11.8 Å². The van der Waals surface area contributed by atoms with Crippen LogP contribution in [0.2, 0.25) is 0 Å². The maximum atomic E-state index is 12.3. The number of carbonyl (C=O) groups excluding carboxylic acids is 1. The van der Waals surface area contributed by atoms with Gasteiger partial charge in [-0.3, -0.25) is 4.74 Å². The molecular formula is C15H21F3N2O3. The van der Waals surface area contributed by atoms with Crippen molar-refractivity contribution in [3.63, 3.8) is 0 Å². The molecule has 5 nitrogen and oxygen atoms in total. The number of alkyl carbamates (subject to hydrolysis) is 1. The average molecular weight is 334 g/mol. The zero-order valence-corrected chi connectivity index (χ0v) is 12.7. The van der Waals surface area contributed by atoms with E-state index in [2.05, 4.69) is 15.4 Å². The molecule has 2 fully saturated rings. The Balaban J connectivity index is 1.41. The zero-order valence-electron chi connectivity index (χ0n) is 12.7. The third-order valence-corrected chi connectivity index (χ3v) is 4.87. The minimum absolute atomic E-state index is 0.147. The minimum atomic E-state index is -4.61. The van der Waals surface area contributed by atoms with Gasteiger partial charge < -0.3 is 15.4 Å². The lowest BCUT2D eigenvalue weighted by molar-refractivity contribution is -0.360. The Labute approximate surface area is 132 Å². The van der Waals surface area contributed by atoms with E-state index in [9.17, 15) is 18.0 Å². The fraction of sp³-hybridized carbons (Fsp3) is 0.800. The number of allylic oxidation sites excluding steroid dienone is 2. The van der Waals surface area contributed by atoms with Crippen molar-refractivity contribution in [3.05, 3.63) is 11.8 Å². The first-order valence-corrected chi connectivity index (χ1v) is 8.06. The quantitative estimate of drug-likeness (QED) is 0.812. The Hall–Kier alpha value is -1.28. The average Bonchev–Trinajstić information content (AvgIpc) is 2.96. The molecule has 2 aliphatic carbocycles. The largest absolute Gasteiger partial charge is 0.522 e. The maximum Gasteiger partial charge on any atom is 0.522 e. The van der Waals surface area contributed by atoms with Gasteiger partial charge in [0.25, 0.3) is 0 Å². The van der Waals surface area contributed by atoms with Crippen LogP contribution >= 0.6 is 0 Å². The second kappa shape index (κ2) is 6.68. The molecular weight excluding hydrogens is 313 g/mol.